The number of carbonyl (C=O) groups excluding carboxylic acids is 1. The van der Waals surface area contributed by atoms with E-state index < -0.39 is 0 Å². The molecule has 0 fully saturated rings. The highest BCUT2D eigenvalue weighted by atomic mass is 32.1. The molecule has 0 spiro atoms. The van der Waals surface area contributed by atoms with Crippen molar-refractivity contribution < 1.29 is 13.9 Å². The number of halogens is 1. The van der Waals surface area contributed by atoms with Gasteiger partial charge in [0.1, 0.15) is 16.6 Å². The zero-order chi connectivity index (χ0) is 20.9. The summed E-state index contributed by atoms with van der Waals surface area (Å²) in [6.07, 6.45) is 0.227. The van der Waals surface area contributed by atoms with Gasteiger partial charge >= 0.3 is 0 Å². The van der Waals surface area contributed by atoms with Gasteiger partial charge < -0.3 is 10.1 Å². The third kappa shape index (κ3) is 4.52. The van der Waals surface area contributed by atoms with E-state index in [2.05, 4.69) is 15.5 Å². The molecule has 0 aliphatic heterocycles. The van der Waals surface area contributed by atoms with Crippen LogP contribution in [0, 0.1) is 5.82 Å². The molecule has 0 radical (unpaired) electrons. The molecule has 4 aromatic rings. The van der Waals surface area contributed by atoms with Crippen molar-refractivity contribution >= 4 is 22.4 Å². The first kappa shape index (κ1) is 19.7. The van der Waals surface area contributed by atoms with Gasteiger partial charge in [-0.2, -0.15) is 0 Å². The van der Waals surface area contributed by atoms with Gasteiger partial charge in [0.2, 0.25) is 11.0 Å². The minimum absolute atomic E-state index is 0.172. The summed E-state index contributed by atoms with van der Waals surface area (Å²) >= 11 is 1.29. The highest BCUT2D eigenvalue weighted by Crippen LogP contribution is 2.34. The standard InChI is InChI=1S/C23H18FN3O2S/c1-29-18-12-6-15(7-13-18)14-21(28)25-23-27-26-22(30-23)20-5-3-2-4-19(20)16-8-10-17(24)11-9-16/h2-13H,14H2,1H3,(H,25,27,28). The number of amides is 1. The van der Waals surface area contributed by atoms with Crippen LogP contribution in [0.25, 0.3) is 21.7 Å². The number of aromatic nitrogens is 2. The average Bonchev–Trinajstić information content (AvgIpc) is 3.23. The number of rotatable bonds is 6. The predicted molar refractivity (Wildman–Crippen MR) is 116 cm³/mol. The van der Waals surface area contributed by atoms with E-state index >= 15 is 0 Å². The van der Waals surface area contributed by atoms with E-state index in [1.165, 1.54) is 23.5 Å². The van der Waals surface area contributed by atoms with Crippen LogP contribution in [0.15, 0.2) is 72.8 Å². The highest BCUT2D eigenvalue weighted by molar-refractivity contribution is 7.18. The average molecular weight is 419 g/mol. The molecular formula is C23H18FN3O2S. The Morgan fingerprint density at radius 3 is 2.37 bits per heavy atom. The summed E-state index contributed by atoms with van der Waals surface area (Å²) in [7, 11) is 1.60. The number of anilines is 1. The Morgan fingerprint density at radius 2 is 1.67 bits per heavy atom. The number of hydrogen-bond acceptors (Lipinski definition) is 5. The maximum absolute atomic E-state index is 13.3. The van der Waals surface area contributed by atoms with Gasteiger partial charge in [0.05, 0.1) is 13.5 Å². The van der Waals surface area contributed by atoms with Crippen molar-refractivity contribution in [1.82, 2.24) is 10.2 Å². The molecule has 7 heteroatoms. The van der Waals surface area contributed by atoms with Crippen LogP contribution in [0.3, 0.4) is 0 Å². The Bertz CT molecular complexity index is 1160. The number of benzene rings is 3. The molecule has 4 rings (SSSR count). The molecule has 0 atom stereocenters. The maximum Gasteiger partial charge on any atom is 0.230 e. The second-order valence-corrected chi connectivity index (χ2v) is 7.52. The lowest BCUT2D eigenvalue weighted by molar-refractivity contribution is -0.115. The van der Waals surface area contributed by atoms with Crippen LogP contribution in [-0.4, -0.2) is 23.2 Å². The monoisotopic (exact) mass is 419 g/mol. The molecule has 0 saturated heterocycles. The van der Waals surface area contributed by atoms with Crippen LogP contribution in [0.4, 0.5) is 9.52 Å². The fourth-order valence-corrected chi connectivity index (χ4v) is 3.82. The predicted octanol–water partition coefficient (Wildman–Crippen LogP) is 5.20. The lowest BCUT2D eigenvalue weighted by Gasteiger charge is -2.07. The highest BCUT2D eigenvalue weighted by Gasteiger charge is 2.14. The SMILES string of the molecule is COc1ccc(CC(=O)Nc2nnc(-c3ccccc3-c3ccc(F)cc3)s2)cc1. The smallest absolute Gasteiger partial charge is 0.230 e. The number of nitrogens with one attached hydrogen (secondary N) is 1. The van der Waals surface area contributed by atoms with E-state index in [-0.39, 0.29) is 18.1 Å². The van der Waals surface area contributed by atoms with Crippen molar-refractivity contribution in [2.75, 3.05) is 12.4 Å². The molecule has 3 aromatic carbocycles. The van der Waals surface area contributed by atoms with Gasteiger partial charge in [0.25, 0.3) is 0 Å². The lowest BCUT2D eigenvalue weighted by atomic mass is 10.0. The van der Waals surface area contributed by atoms with Gasteiger partial charge in [-0.05, 0) is 41.0 Å². The van der Waals surface area contributed by atoms with Crippen LogP contribution < -0.4 is 10.1 Å². The second kappa shape index (κ2) is 8.84. The number of hydrogen-bond donors (Lipinski definition) is 1. The van der Waals surface area contributed by atoms with Crippen LogP contribution in [0.1, 0.15) is 5.56 Å². The Hall–Kier alpha value is -3.58. The van der Waals surface area contributed by atoms with Gasteiger partial charge in [0.15, 0.2) is 0 Å². The summed E-state index contributed by atoms with van der Waals surface area (Å²) in [5.74, 6) is 0.288. The normalized spacial score (nSPS) is 10.6. The Morgan fingerprint density at radius 1 is 0.967 bits per heavy atom. The molecule has 0 bridgehead atoms. The van der Waals surface area contributed by atoms with Crippen molar-refractivity contribution in [3.63, 3.8) is 0 Å². The summed E-state index contributed by atoms with van der Waals surface area (Å²) in [4.78, 5) is 12.4. The van der Waals surface area contributed by atoms with Gasteiger partial charge in [-0.3, -0.25) is 4.79 Å². The quantitative estimate of drug-likeness (QED) is 0.467. The molecule has 1 amide bonds. The summed E-state index contributed by atoms with van der Waals surface area (Å²) in [6.45, 7) is 0. The zero-order valence-electron chi connectivity index (χ0n) is 16.1. The summed E-state index contributed by atoms with van der Waals surface area (Å²) in [6, 6.07) is 21.4. The number of methoxy groups -OCH3 is 1. The molecule has 0 unspecified atom stereocenters. The maximum atomic E-state index is 13.3. The number of carbonyl (C=O) groups is 1. The van der Waals surface area contributed by atoms with Crippen LogP contribution in [-0.2, 0) is 11.2 Å². The zero-order valence-corrected chi connectivity index (χ0v) is 16.9. The molecule has 1 heterocycles. The fraction of sp³-hybridized carbons (Fsp3) is 0.0870. The third-order valence-electron chi connectivity index (χ3n) is 4.51. The van der Waals surface area contributed by atoms with Crippen LogP contribution in [0.2, 0.25) is 0 Å². The molecular weight excluding hydrogens is 401 g/mol. The molecule has 0 saturated carbocycles. The van der Waals surface area contributed by atoms with Crippen LogP contribution in [0.5, 0.6) is 5.75 Å². The Kier molecular flexibility index (Phi) is 5.81. The van der Waals surface area contributed by atoms with Crippen molar-refractivity contribution in [3.8, 4) is 27.4 Å². The van der Waals surface area contributed by atoms with Crippen LogP contribution >= 0.6 is 11.3 Å². The minimum Gasteiger partial charge on any atom is -0.497 e. The lowest BCUT2D eigenvalue weighted by Crippen LogP contribution is -2.14. The molecule has 5 nitrogen and oxygen atoms in total. The van der Waals surface area contributed by atoms with Gasteiger partial charge in [-0.1, -0.05) is 59.9 Å². The van der Waals surface area contributed by atoms with Crippen molar-refractivity contribution in [2.24, 2.45) is 0 Å². The van der Waals surface area contributed by atoms with Crippen molar-refractivity contribution in [1.29, 1.82) is 0 Å². The first-order valence-electron chi connectivity index (χ1n) is 9.24. The number of nitrogens with zero attached hydrogens (tertiary/aromatic N) is 2. The molecule has 0 aliphatic carbocycles. The molecule has 1 N–H and O–H groups in total. The first-order valence-corrected chi connectivity index (χ1v) is 10.1. The minimum atomic E-state index is -0.283. The van der Waals surface area contributed by atoms with E-state index in [9.17, 15) is 9.18 Å². The van der Waals surface area contributed by atoms with E-state index in [1.54, 1.807) is 19.2 Å². The fourth-order valence-electron chi connectivity index (χ4n) is 3.03. The summed E-state index contributed by atoms with van der Waals surface area (Å²) in [5.41, 5.74) is 3.55. The molecule has 1 aromatic heterocycles. The van der Waals surface area contributed by atoms with Gasteiger partial charge in [-0.25, -0.2) is 4.39 Å². The Balaban J connectivity index is 1.50. The summed E-state index contributed by atoms with van der Waals surface area (Å²) in [5, 5.41) is 12.2. The first-order chi connectivity index (χ1) is 14.6. The molecule has 30 heavy (non-hydrogen) atoms. The largest absolute Gasteiger partial charge is 0.497 e. The van der Waals surface area contributed by atoms with E-state index in [4.69, 9.17) is 4.74 Å². The van der Waals surface area contributed by atoms with Crippen molar-refractivity contribution in [3.05, 3.63) is 84.2 Å². The summed E-state index contributed by atoms with van der Waals surface area (Å²) < 4.78 is 18.4. The third-order valence-corrected chi connectivity index (χ3v) is 5.38. The number of ether oxygens (including phenoxy) is 1. The molecule has 0 aliphatic rings. The topological polar surface area (TPSA) is 64.1 Å². The van der Waals surface area contributed by atoms with E-state index in [0.717, 1.165) is 28.0 Å². The van der Waals surface area contributed by atoms with E-state index in [0.29, 0.717) is 10.1 Å². The second-order valence-electron chi connectivity index (χ2n) is 6.54. The van der Waals surface area contributed by atoms with Crippen molar-refractivity contribution in [2.45, 2.75) is 6.42 Å². The Labute approximate surface area is 177 Å². The van der Waals surface area contributed by atoms with E-state index in [1.807, 2.05) is 48.5 Å². The van der Waals surface area contributed by atoms with Gasteiger partial charge in [-0.15, -0.1) is 10.2 Å². The van der Waals surface area contributed by atoms with Gasteiger partial charge in [0, 0.05) is 5.56 Å². The molecule has 150 valence electrons.